The summed E-state index contributed by atoms with van der Waals surface area (Å²) in [5, 5.41) is 0. The molecule has 0 spiro atoms. The van der Waals surface area contributed by atoms with Gasteiger partial charge in [-0.05, 0) is 72.8 Å². The number of nitrogens with two attached hydrogens (primary N) is 2. The zero-order valence-electron chi connectivity index (χ0n) is 19.3. The Morgan fingerprint density at radius 3 is 0.917 bits per heavy atom. The number of benzene rings is 5. The van der Waals surface area contributed by atoms with Crippen molar-refractivity contribution in [1.82, 2.24) is 0 Å². The van der Waals surface area contributed by atoms with Gasteiger partial charge in [0.15, 0.2) is 34.5 Å². The Hall–Kier alpha value is -5.10. The second-order valence-electron chi connectivity index (χ2n) is 7.85. The van der Waals surface area contributed by atoms with E-state index in [0.29, 0.717) is 57.4 Å². The van der Waals surface area contributed by atoms with Gasteiger partial charge in [-0.15, -0.1) is 0 Å². The molecule has 0 amide bonds. The zero-order valence-corrected chi connectivity index (χ0v) is 19.3. The van der Waals surface area contributed by atoms with Gasteiger partial charge in [0.2, 0.25) is 0 Å². The predicted molar refractivity (Wildman–Crippen MR) is 141 cm³/mol. The Bertz CT molecular complexity index is 1360. The van der Waals surface area contributed by atoms with Crippen LogP contribution in [0.3, 0.4) is 0 Å². The van der Waals surface area contributed by atoms with Gasteiger partial charge in [-0.2, -0.15) is 0 Å². The Labute approximate surface area is 209 Å². The average Bonchev–Trinajstić information content (AvgIpc) is 2.90. The van der Waals surface area contributed by atoms with Gasteiger partial charge in [0.1, 0.15) is 11.5 Å². The lowest BCUT2D eigenvalue weighted by molar-refractivity contribution is 0.414. The second kappa shape index (κ2) is 10.4. The summed E-state index contributed by atoms with van der Waals surface area (Å²) < 4.78 is 24.1. The van der Waals surface area contributed by atoms with Crippen molar-refractivity contribution in [1.29, 1.82) is 0 Å². The lowest BCUT2D eigenvalue weighted by atomic mass is 10.2. The number of anilines is 2. The first-order valence-electron chi connectivity index (χ1n) is 11.3. The van der Waals surface area contributed by atoms with Crippen LogP contribution in [0, 0.1) is 0 Å². The van der Waals surface area contributed by atoms with Crippen LogP contribution in [-0.4, -0.2) is 0 Å². The molecule has 4 N–H and O–H groups in total. The molecule has 0 fully saturated rings. The van der Waals surface area contributed by atoms with E-state index in [1.807, 2.05) is 109 Å². The first-order valence-corrected chi connectivity index (χ1v) is 11.3. The minimum Gasteiger partial charge on any atom is -0.453 e. The summed E-state index contributed by atoms with van der Waals surface area (Å²) in [5.41, 5.74) is 13.1. The van der Waals surface area contributed by atoms with Crippen molar-refractivity contribution in [2.24, 2.45) is 0 Å². The molecule has 0 bridgehead atoms. The molecule has 0 unspecified atom stereocenters. The molecule has 0 heterocycles. The molecule has 6 nitrogen and oxygen atoms in total. The highest BCUT2D eigenvalue weighted by Crippen LogP contribution is 2.39. The Morgan fingerprint density at radius 1 is 0.306 bits per heavy atom. The van der Waals surface area contributed by atoms with Crippen molar-refractivity contribution in [3.63, 3.8) is 0 Å². The lowest BCUT2D eigenvalue weighted by Crippen LogP contribution is -1.94. The molecule has 0 atom stereocenters. The van der Waals surface area contributed by atoms with E-state index in [4.69, 9.17) is 30.4 Å². The minimum absolute atomic E-state index is 0.549. The standard InChI is InChI=1S/C30H24N2O4/c31-23-9-1-3-11-25(23)35-29-15-7-5-13-27(29)33-21-17-19-22(20-18-21)34-28-14-6-8-16-30(28)36-26-12-4-2-10-24(26)32/h1-20H,31-32H2. The fraction of sp³-hybridized carbons (Fsp3) is 0. The van der Waals surface area contributed by atoms with Gasteiger partial charge in [0.25, 0.3) is 0 Å². The minimum atomic E-state index is 0.549. The monoisotopic (exact) mass is 476 g/mol. The summed E-state index contributed by atoms with van der Waals surface area (Å²) in [6, 6.07) is 36.8. The molecule has 0 aromatic heterocycles. The quantitative estimate of drug-likeness (QED) is 0.220. The number of hydrogen-bond donors (Lipinski definition) is 2. The van der Waals surface area contributed by atoms with E-state index in [0.717, 1.165) is 0 Å². The summed E-state index contributed by atoms with van der Waals surface area (Å²) in [5.74, 6) is 4.62. The SMILES string of the molecule is Nc1ccccc1Oc1ccccc1Oc1ccc(Oc2ccccc2Oc2ccccc2N)cc1. The first-order chi connectivity index (χ1) is 17.7. The lowest BCUT2D eigenvalue weighted by Gasteiger charge is -2.14. The van der Waals surface area contributed by atoms with E-state index in [9.17, 15) is 0 Å². The van der Waals surface area contributed by atoms with Crippen molar-refractivity contribution >= 4 is 11.4 Å². The second-order valence-corrected chi connectivity index (χ2v) is 7.85. The molecule has 0 saturated carbocycles. The van der Waals surface area contributed by atoms with Gasteiger partial charge in [0.05, 0.1) is 11.4 Å². The number of para-hydroxylation sites is 8. The summed E-state index contributed by atoms with van der Waals surface area (Å²) in [4.78, 5) is 0. The van der Waals surface area contributed by atoms with Gasteiger partial charge >= 0.3 is 0 Å². The molecule has 0 aliphatic rings. The molecule has 178 valence electrons. The highest BCUT2D eigenvalue weighted by Gasteiger charge is 2.11. The smallest absolute Gasteiger partial charge is 0.170 e. The van der Waals surface area contributed by atoms with E-state index in [-0.39, 0.29) is 0 Å². The van der Waals surface area contributed by atoms with Crippen molar-refractivity contribution in [2.75, 3.05) is 11.5 Å². The average molecular weight is 477 g/mol. The van der Waals surface area contributed by atoms with Crippen molar-refractivity contribution in [3.05, 3.63) is 121 Å². The maximum atomic E-state index is 6.08. The highest BCUT2D eigenvalue weighted by atomic mass is 16.5. The predicted octanol–water partition coefficient (Wildman–Crippen LogP) is 8.02. The maximum absolute atomic E-state index is 6.08. The molecule has 36 heavy (non-hydrogen) atoms. The zero-order chi connectivity index (χ0) is 24.7. The van der Waals surface area contributed by atoms with Crippen LogP contribution in [0.4, 0.5) is 11.4 Å². The molecule has 5 aromatic carbocycles. The van der Waals surface area contributed by atoms with E-state index < -0.39 is 0 Å². The Morgan fingerprint density at radius 2 is 0.583 bits per heavy atom. The summed E-state index contributed by atoms with van der Waals surface area (Å²) >= 11 is 0. The van der Waals surface area contributed by atoms with Crippen LogP contribution < -0.4 is 30.4 Å². The van der Waals surface area contributed by atoms with Crippen LogP contribution in [0.5, 0.6) is 46.0 Å². The summed E-state index contributed by atoms with van der Waals surface area (Å²) in [6.07, 6.45) is 0. The molecule has 0 aliphatic heterocycles. The molecule has 6 heteroatoms. The van der Waals surface area contributed by atoms with Crippen molar-refractivity contribution in [2.45, 2.75) is 0 Å². The van der Waals surface area contributed by atoms with Crippen LogP contribution >= 0.6 is 0 Å². The third-order valence-electron chi connectivity index (χ3n) is 5.26. The van der Waals surface area contributed by atoms with Gasteiger partial charge in [0, 0.05) is 0 Å². The molecule has 0 aliphatic carbocycles. The van der Waals surface area contributed by atoms with Crippen LogP contribution in [-0.2, 0) is 0 Å². The largest absolute Gasteiger partial charge is 0.453 e. The van der Waals surface area contributed by atoms with Gasteiger partial charge in [-0.25, -0.2) is 0 Å². The van der Waals surface area contributed by atoms with E-state index in [1.165, 1.54) is 0 Å². The molecule has 5 rings (SSSR count). The van der Waals surface area contributed by atoms with Crippen molar-refractivity contribution < 1.29 is 18.9 Å². The molecule has 0 radical (unpaired) electrons. The Balaban J connectivity index is 1.30. The third-order valence-corrected chi connectivity index (χ3v) is 5.26. The van der Waals surface area contributed by atoms with Gasteiger partial charge in [-0.3, -0.25) is 0 Å². The number of ether oxygens (including phenoxy) is 4. The third kappa shape index (κ3) is 5.34. The fourth-order valence-electron chi connectivity index (χ4n) is 3.45. The molecule has 5 aromatic rings. The number of rotatable bonds is 8. The van der Waals surface area contributed by atoms with Crippen molar-refractivity contribution in [3.8, 4) is 46.0 Å². The van der Waals surface area contributed by atoms with E-state index >= 15 is 0 Å². The number of nitrogen functional groups attached to an aromatic ring is 2. The topological polar surface area (TPSA) is 89.0 Å². The summed E-state index contributed by atoms with van der Waals surface area (Å²) in [6.45, 7) is 0. The maximum Gasteiger partial charge on any atom is 0.170 e. The first kappa shape index (κ1) is 22.7. The van der Waals surface area contributed by atoms with Gasteiger partial charge in [-0.1, -0.05) is 48.5 Å². The molecular weight excluding hydrogens is 452 g/mol. The number of hydrogen-bond acceptors (Lipinski definition) is 6. The van der Waals surface area contributed by atoms with Crippen LogP contribution in [0.25, 0.3) is 0 Å². The fourth-order valence-corrected chi connectivity index (χ4v) is 3.45. The highest BCUT2D eigenvalue weighted by molar-refractivity contribution is 5.56. The van der Waals surface area contributed by atoms with Crippen LogP contribution in [0.15, 0.2) is 121 Å². The normalized spacial score (nSPS) is 10.4. The molecule has 0 saturated heterocycles. The summed E-state index contributed by atoms with van der Waals surface area (Å²) in [7, 11) is 0. The molecular formula is C30H24N2O4. The van der Waals surface area contributed by atoms with E-state index in [1.54, 1.807) is 12.1 Å². The van der Waals surface area contributed by atoms with Gasteiger partial charge < -0.3 is 30.4 Å². The Kier molecular flexibility index (Phi) is 6.58. The van der Waals surface area contributed by atoms with Crippen LogP contribution in [0.1, 0.15) is 0 Å². The van der Waals surface area contributed by atoms with Crippen LogP contribution in [0.2, 0.25) is 0 Å². The van der Waals surface area contributed by atoms with E-state index in [2.05, 4.69) is 0 Å².